The van der Waals surface area contributed by atoms with Crippen molar-refractivity contribution in [2.75, 3.05) is 4.90 Å². The van der Waals surface area contributed by atoms with Crippen LogP contribution in [0.15, 0.2) is 205 Å². The van der Waals surface area contributed by atoms with Crippen LogP contribution >= 0.6 is 0 Å². The van der Waals surface area contributed by atoms with Gasteiger partial charge in [0, 0.05) is 27.4 Å². The number of hydrogen-bond donors (Lipinski definition) is 0. The summed E-state index contributed by atoms with van der Waals surface area (Å²) in [5.74, 6) is 0. The highest BCUT2D eigenvalue weighted by molar-refractivity contribution is 6.22. The van der Waals surface area contributed by atoms with Crippen molar-refractivity contribution in [2.24, 2.45) is 0 Å². The molecule has 0 atom stereocenters. The van der Waals surface area contributed by atoms with E-state index in [0.717, 1.165) is 44.4 Å². The van der Waals surface area contributed by atoms with Crippen LogP contribution in [0.2, 0.25) is 0 Å². The highest BCUT2D eigenvalue weighted by atomic mass is 16.3. The SMILES string of the molecule is c1ccc(-c2ccccc2N(c2ccc(-c3ccc4c(ccc5ccc6ccccc6c54)c3)cc2)c2cccc3c2ccc2oc4ccccc4c23)cc1. The first-order valence-corrected chi connectivity index (χ1v) is 18.5. The van der Waals surface area contributed by atoms with Gasteiger partial charge in [-0.25, -0.2) is 0 Å². The molecule has 0 saturated carbocycles. The molecule has 2 nitrogen and oxygen atoms in total. The van der Waals surface area contributed by atoms with Crippen LogP contribution in [0.5, 0.6) is 0 Å². The van der Waals surface area contributed by atoms with Gasteiger partial charge in [0.05, 0.1) is 11.4 Å². The molecule has 0 aliphatic carbocycles. The molecule has 11 aromatic rings. The molecule has 0 unspecified atom stereocenters. The summed E-state index contributed by atoms with van der Waals surface area (Å²) >= 11 is 0. The predicted molar refractivity (Wildman–Crippen MR) is 229 cm³/mol. The number of para-hydroxylation sites is 2. The fourth-order valence-corrected chi connectivity index (χ4v) is 8.52. The van der Waals surface area contributed by atoms with E-state index in [-0.39, 0.29) is 0 Å². The fraction of sp³-hybridized carbons (Fsp3) is 0. The summed E-state index contributed by atoms with van der Waals surface area (Å²) < 4.78 is 6.32. The number of fused-ring (bicyclic) bond motifs is 10. The van der Waals surface area contributed by atoms with E-state index in [9.17, 15) is 0 Å². The lowest BCUT2D eigenvalue weighted by atomic mass is 9.94. The standard InChI is InChI=1S/C52H33NO/c1-2-11-35(12-3-1)41-14-6-8-18-47(41)53(48-19-10-17-45-44(48)31-32-50-52(45)46-16-7-9-20-49(46)54-50)40-28-25-34(26-29-40)38-27-30-43-39(33-38)24-23-37-22-21-36-13-4-5-15-42(36)51(37)43/h1-33H. The molecule has 252 valence electrons. The van der Waals surface area contributed by atoms with Gasteiger partial charge in [-0.3, -0.25) is 0 Å². The number of hydrogen-bond acceptors (Lipinski definition) is 2. The molecule has 0 saturated heterocycles. The van der Waals surface area contributed by atoms with Gasteiger partial charge in [-0.1, -0.05) is 152 Å². The Kier molecular flexibility index (Phi) is 6.90. The van der Waals surface area contributed by atoms with E-state index >= 15 is 0 Å². The van der Waals surface area contributed by atoms with Crippen LogP contribution in [0, 0.1) is 0 Å². The molecule has 0 amide bonds. The van der Waals surface area contributed by atoms with Crippen molar-refractivity contribution in [1.29, 1.82) is 0 Å². The van der Waals surface area contributed by atoms with E-state index in [2.05, 4.69) is 199 Å². The lowest BCUT2D eigenvalue weighted by Gasteiger charge is -2.29. The first-order valence-electron chi connectivity index (χ1n) is 18.5. The first-order chi connectivity index (χ1) is 26.8. The zero-order valence-corrected chi connectivity index (χ0v) is 29.4. The maximum atomic E-state index is 6.32. The summed E-state index contributed by atoms with van der Waals surface area (Å²) in [5.41, 5.74) is 9.85. The van der Waals surface area contributed by atoms with Crippen LogP contribution in [0.4, 0.5) is 17.1 Å². The van der Waals surface area contributed by atoms with Crippen molar-refractivity contribution in [3.63, 3.8) is 0 Å². The molecule has 0 bridgehead atoms. The second-order valence-corrected chi connectivity index (χ2v) is 14.1. The minimum absolute atomic E-state index is 0.901. The van der Waals surface area contributed by atoms with E-state index in [1.54, 1.807) is 0 Å². The average Bonchev–Trinajstić information content (AvgIpc) is 3.63. The maximum absolute atomic E-state index is 6.32. The summed E-state index contributed by atoms with van der Waals surface area (Å²) in [4.78, 5) is 2.42. The largest absolute Gasteiger partial charge is 0.456 e. The molecule has 10 aromatic carbocycles. The van der Waals surface area contributed by atoms with Crippen molar-refractivity contribution >= 4 is 82.1 Å². The molecular weight excluding hydrogens is 655 g/mol. The molecule has 0 aliphatic heterocycles. The zero-order chi connectivity index (χ0) is 35.6. The minimum Gasteiger partial charge on any atom is -0.456 e. The summed E-state index contributed by atoms with van der Waals surface area (Å²) in [5, 5.41) is 12.3. The maximum Gasteiger partial charge on any atom is 0.136 e. The van der Waals surface area contributed by atoms with Gasteiger partial charge < -0.3 is 9.32 Å². The van der Waals surface area contributed by atoms with Crippen molar-refractivity contribution in [3.8, 4) is 22.3 Å². The predicted octanol–water partition coefficient (Wildman–Crippen LogP) is 15.0. The van der Waals surface area contributed by atoms with Crippen molar-refractivity contribution in [2.45, 2.75) is 0 Å². The Hall–Kier alpha value is -7.16. The highest BCUT2D eigenvalue weighted by Crippen LogP contribution is 2.46. The van der Waals surface area contributed by atoms with Crippen LogP contribution in [0.25, 0.3) is 87.3 Å². The Morgan fingerprint density at radius 1 is 0.315 bits per heavy atom. The Morgan fingerprint density at radius 2 is 0.963 bits per heavy atom. The number of rotatable bonds is 5. The lowest BCUT2D eigenvalue weighted by molar-refractivity contribution is 0.669. The van der Waals surface area contributed by atoms with E-state index in [1.807, 2.05) is 6.07 Å². The third-order valence-corrected chi connectivity index (χ3v) is 11.0. The molecule has 0 N–H and O–H groups in total. The van der Waals surface area contributed by atoms with Gasteiger partial charge in [0.2, 0.25) is 0 Å². The molecule has 1 aromatic heterocycles. The summed E-state index contributed by atoms with van der Waals surface area (Å²) in [6.45, 7) is 0. The Bertz CT molecular complexity index is 3210. The van der Waals surface area contributed by atoms with Gasteiger partial charge in [0.1, 0.15) is 11.2 Å². The lowest BCUT2D eigenvalue weighted by Crippen LogP contribution is -2.11. The molecule has 0 fully saturated rings. The molecule has 0 aliphatic rings. The average molecular weight is 688 g/mol. The van der Waals surface area contributed by atoms with E-state index in [4.69, 9.17) is 4.42 Å². The zero-order valence-electron chi connectivity index (χ0n) is 29.4. The number of furan rings is 1. The van der Waals surface area contributed by atoms with Crippen LogP contribution < -0.4 is 4.90 Å². The molecule has 0 radical (unpaired) electrons. The van der Waals surface area contributed by atoms with Crippen LogP contribution in [0.3, 0.4) is 0 Å². The quantitative estimate of drug-likeness (QED) is 0.168. The Labute approximate surface area is 312 Å². The van der Waals surface area contributed by atoms with Gasteiger partial charge in [0.25, 0.3) is 0 Å². The van der Waals surface area contributed by atoms with Gasteiger partial charge in [-0.15, -0.1) is 0 Å². The molecular formula is C52H33NO. The smallest absolute Gasteiger partial charge is 0.136 e. The summed E-state index contributed by atoms with van der Waals surface area (Å²) in [6.07, 6.45) is 0. The Balaban J connectivity index is 1.08. The van der Waals surface area contributed by atoms with E-state index < -0.39 is 0 Å². The third kappa shape index (κ3) is 4.81. The number of benzene rings is 10. The molecule has 11 rings (SSSR count). The summed E-state index contributed by atoms with van der Waals surface area (Å²) in [6, 6.07) is 72.3. The molecule has 1 heterocycles. The highest BCUT2D eigenvalue weighted by Gasteiger charge is 2.21. The fourth-order valence-electron chi connectivity index (χ4n) is 8.52. The molecule has 2 heteroatoms. The second kappa shape index (κ2) is 12.2. The monoisotopic (exact) mass is 687 g/mol. The molecule has 0 spiro atoms. The minimum atomic E-state index is 0.901. The van der Waals surface area contributed by atoms with Crippen LogP contribution in [0.1, 0.15) is 0 Å². The van der Waals surface area contributed by atoms with Gasteiger partial charge in [0.15, 0.2) is 0 Å². The molecule has 54 heavy (non-hydrogen) atoms. The van der Waals surface area contributed by atoms with E-state index in [0.29, 0.717) is 0 Å². The third-order valence-electron chi connectivity index (χ3n) is 11.0. The van der Waals surface area contributed by atoms with E-state index in [1.165, 1.54) is 60.0 Å². The van der Waals surface area contributed by atoms with Gasteiger partial charge >= 0.3 is 0 Å². The van der Waals surface area contributed by atoms with Crippen molar-refractivity contribution < 1.29 is 4.42 Å². The first kappa shape index (κ1) is 30.5. The van der Waals surface area contributed by atoms with Gasteiger partial charge in [-0.2, -0.15) is 0 Å². The second-order valence-electron chi connectivity index (χ2n) is 14.1. The number of anilines is 3. The topological polar surface area (TPSA) is 16.4 Å². The normalized spacial score (nSPS) is 11.7. The van der Waals surface area contributed by atoms with Gasteiger partial charge in [-0.05, 0) is 103 Å². The Morgan fingerprint density at radius 3 is 1.85 bits per heavy atom. The van der Waals surface area contributed by atoms with Crippen LogP contribution in [-0.2, 0) is 0 Å². The number of nitrogens with zero attached hydrogens (tertiary/aromatic N) is 1. The van der Waals surface area contributed by atoms with Crippen molar-refractivity contribution in [1.82, 2.24) is 0 Å². The van der Waals surface area contributed by atoms with Crippen molar-refractivity contribution in [3.05, 3.63) is 200 Å². The van der Waals surface area contributed by atoms with Crippen LogP contribution in [-0.4, -0.2) is 0 Å². The summed E-state index contributed by atoms with van der Waals surface area (Å²) in [7, 11) is 0.